The Hall–Kier alpha value is -4.07. The molecule has 0 unspecified atom stereocenters. The Morgan fingerprint density at radius 2 is 2.06 bits per heavy atom. The first-order chi connectivity index (χ1) is 16.3. The van der Waals surface area contributed by atoms with Crippen LogP contribution in [0, 0.1) is 28.6 Å². The van der Waals surface area contributed by atoms with Crippen LogP contribution in [0.3, 0.4) is 0 Å². The number of hydrogen-bond acceptors (Lipinski definition) is 6. The van der Waals surface area contributed by atoms with E-state index in [9.17, 15) is 23.6 Å². The molecule has 9 nitrogen and oxygen atoms in total. The number of nitriles is 1. The molecule has 3 aromatic rings. The quantitative estimate of drug-likeness (QED) is 0.537. The fraction of sp³-hybridized carbons (Fsp3) is 0.348. The second kappa shape index (κ2) is 8.06. The van der Waals surface area contributed by atoms with Gasteiger partial charge in [0.05, 0.1) is 41.8 Å². The standard InChI is InChI=1S/C23H21F2N7O2/c24-6-15-9-31(22(34)23(12-26)3-4-23)11-17(15)30-20-16(21(27)33)8-29-32-10-14(5-18(20)32)13-1-2-19(25)28-7-13/h1-2,5,7-8,10,15,17,30H,3-4,6,9,11H2,(H2,27,33)/t15-,17+/m0/s1. The number of halogens is 2. The number of rotatable bonds is 6. The van der Waals surface area contributed by atoms with Crippen LogP contribution in [-0.4, -0.2) is 57.1 Å². The SMILES string of the molecule is N#CC1(C(=O)N2C[C@H](CF)[C@H](Nc3c(C(N)=O)cnn4cc(-c5ccc(F)nc5)cc34)C2)CC1. The molecule has 3 N–H and O–H groups in total. The summed E-state index contributed by atoms with van der Waals surface area (Å²) >= 11 is 0. The fourth-order valence-corrected chi connectivity index (χ4v) is 4.44. The number of anilines is 1. The van der Waals surface area contributed by atoms with Crippen LogP contribution in [0.4, 0.5) is 14.5 Å². The van der Waals surface area contributed by atoms with Crippen molar-refractivity contribution < 1.29 is 18.4 Å². The van der Waals surface area contributed by atoms with Crippen molar-refractivity contribution in [1.82, 2.24) is 19.5 Å². The molecule has 0 radical (unpaired) electrons. The van der Waals surface area contributed by atoms with E-state index in [1.54, 1.807) is 18.3 Å². The number of carbonyl (C=O) groups is 2. The molecule has 0 spiro atoms. The maximum atomic E-state index is 13.9. The number of primary amides is 1. The first-order valence-corrected chi connectivity index (χ1v) is 10.8. The predicted octanol–water partition coefficient (Wildman–Crippen LogP) is 2.15. The minimum atomic E-state index is -0.988. The van der Waals surface area contributed by atoms with E-state index in [4.69, 9.17) is 5.73 Å². The lowest BCUT2D eigenvalue weighted by Crippen LogP contribution is -2.36. The molecule has 1 aliphatic carbocycles. The summed E-state index contributed by atoms with van der Waals surface area (Å²) in [7, 11) is 0. The van der Waals surface area contributed by atoms with Crippen LogP contribution in [0.5, 0.6) is 0 Å². The Morgan fingerprint density at radius 1 is 1.26 bits per heavy atom. The van der Waals surface area contributed by atoms with Crippen molar-refractivity contribution in [3.63, 3.8) is 0 Å². The number of fused-ring (bicyclic) bond motifs is 1. The largest absolute Gasteiger partial charge is 0.378 e. The van der Waals surface area contributed by atoms with Gasteiger partial charge in [-0.1, -0.05) is 0 Å². The predicted molar refractivity (Wildman–Crippen MR) is 118 cm³/mol. The van der Waals surface area contributed by atoms with Crippen molar-refractivity contribution in [2.45, 2.75) is 18.9 Å². The summed E-state index contributed by atoms with van der Waals surface area (Å²) in [4.78, 5) is 30.2. The number of hydrogen-bond donors (Lipinski definition) is 2. The van der Waals surface area contributed by atoms with Gasteiger partial charge in [-0.05, 0) is 31.0 Å². The summed E-state index contributed by atoms with van der Waals surface area (Å²) in [6, 6.07) is 6.14. The van der Waals surface area contributed by atoms with Crippen LogP contribution < -0.4 is 11.1 Å². The maximum Gasteiger partial charge on any atom is 0.252 e. The normalized spacial score (nSPS) is 20.8. The van der Waals surface area contributed by atoms with Crippen LogP contribution in [0.1, 0.15) is 23.2 Å². The maximum absolute atomic E-state index is 13.9. The first-order valence-electron chi connectivity index (χ1n) is 10.8. The first kappa shape index (κ1) is 21.8. The van der Waals surface area contributed by atoms with Gasteiger partial charge in [0.15, 0.2) is 0 Å². The van der Waals surface area contributed by atoms with Crippen LogP contribution in [0.2, 0.25) is 0 Å². The molecule has 34 heavy (non-hydrogen) atoms. The van der Waals surface area contributed by atoms with E-state index in [1.807, 2.05) is 0 Å². The highest BCUT2D eigenvalue weighted by molar-refractivity contribution is 6.02. The summed E-state index contributed by atoms with van der Waals surface area (Å²) in [5.74, 6) is -2.12. The molecular weight excluding hydrogens is 444 g/mol. The summed E-state index contributed by atoms with van der Waals surface area (Å²) < 4.78 is 28.7. The van der Waals surface area contributed by atoms with Gasteiger partial charge in [0.25, 0.3) is 5.91 Å². The van der Waals surface area contributed by atoms with Crippen LogP contribution in [-0.2, 0) is 4.79 Å². The van der Waals surface area contributed by atoms with Gasteiger partial charge in [0.2, 0.25) is 11.9 Å². The molecule has 2 amide bonds. The van der Waals surface area contributed by atoms with Gasteiger partial charge in [-0.3, -0.25) is 14.0 Å². The topological polar surface area (TPSA) is 129 Å². The number of carbonyl (C=O) groups excluding carboxylic acids is 2. The number of nitrogens with zero attached hydrogens (tertiary/aromatic N) is 5. The Balaban J connectivity index is 1.50. The number of aromatic nitrogens is 3. The molecule has 3 aromatic heterocycles. The van der Waals surface area contributed by atoms with E-state index in [1.165, 1.54) is 27.9 Å². The van der Waals surface area contributed by atoms with Crippen molar-refractivity contribution in [2.75, 3.05) is 25.1 Å². The van der Waals surface area contributed by atoms with Gasteiger partial charge in [0.1, 0.15) is 5.41 Å². The van der Waals surface area contributed by atoms with Crippen molar-refractivity contribution >= 4 is 23.0 Å². The molecule has 5 rings (SSSR count). The third-order valence-electron chi connectivity index (χ3n) is 6.59. The molecule has 2 aliphatic rings. The lowest BCUT2D eigenvalue weighted by molar-refractivity contribution is -0.134. The lowest BCUT2D eigenvalue weighted by atomic mass is 10.0. The highest BCUT2D eigenvalue weighted by Gasteiger charge is 2.54. The smallest absolute Gasteiger partial charge is 0.252 e. The summed E-state index contributed by atoms with van der Waals surface area (Å²) in [5.41, 5.74) is 6.91. The number of likely N-dealkylation sites (tertiary alicyclic amines) is 1. The molecule has 0 bridgehead atoms. The van der Waals surface area contributed by atoms with Gasteiger partial charge in [0, 0.05) is 42.5 Å². The van der Waals surface area contributed by atoms with Crippen molar-refractivity contribution in [1.29, 1.82) is 5.26 Å². The van der Waals surface area contributed by atoms with Crippen molar-refractivity contribution in [3.8, 4) is 17.2 Å². The van der Waals surface area contributed by atoms with E-state index in [-0.39, 0.29) is 24.6 Å². The molecule has 2 atom stereocenters. The van der Waals surface area contributed by atoms with E-state index < -0.39 is 35.9 Å². The minimum absolute atomic E-state index is 0.118. The Kier molecular flexibility index (Phi) is 5.16. The Morgan fingerprint density at radius 3 is 2.68 bits per heavy atom. The second-order valence-electron chi connectivity index (χ2n) is 8.79. The number of alkyl halides is 1. The number of amides is 2. The van der Waals surface area contributed by atoms with Gasteiger partial charge in [-0.15, -0.1) is 0 Å². The van der Waals surface area contributed by atoms with E-state index >= 15 is 0 Å². The van der Waals surface area contributed by atoms with E-state index in [2.05, 4.69) is 21.5 Å². The molecule has 1 saturated carbocycles. The van der Waals surface area contributed by atoms with Crippen LogP contribution in [0.25, 0.3) is 16.6 Å². The molecule has 1 aliphatic heterocycles. The number of nitrogens with two attached hydrogens (primary N) is 1. The van der Waals surface area contributed by atoms with Gasteiger partial charge in [-0.2, -0.15) is 14.8 Å². The average Bonchev–Trinajstić information content (AvgIpc) is 3.34. The zero-order valence-electron chi connectivity index (χ0n) is 18.0. The minimum Gasteiger partial charge on any atom is -0.378 e. The number of pyridine rings is 1. The number of nitrogens with one attached hydrogen (secondary N) is 1. The van der Waals surface area contributed by atoms with Gasteiger partial charge < -0.3 is 16.0 Å². The molecule has 2 fully saturated rings. The monoisotopic (exact) mass is 465 g/mol. The third kappa shape index (κ3) is 3.61. The third-order valence-corrected chi connectivity index (χ3v) is 6.59. The van der Waals surface area contributed by atoms with Crippen LogP contribution in [0.15, 0.2) is 36.8 Å². The average molecular weight is 465 g/mol. The Bertz CT molecular complexity index is 1330. The van der Waals surface area contributed by atoms with Gasteiger partial charge in [-0.25, -0.2) is 9.50 Å². The summed E-state index contributed by atoms with van der Waals surface area (Å²) in [5, 5.41) is 16.8. The zero-order chi connectivity index (χ0) is 24.0. The molecule has 0 aromatic carbocycles. The highest BCUT2D eigenvalue weighted by atomic mass is 19.1. The van der Waals surface area contributed by atoms with Crippen molar-refractivity contribution in [3.05, 3.63) is 48.3 Å². The molecule has 11 heteroatoms. The van der Waals surface area contributed by atoms with Gasteiger partial charge >= 0.3 is 0 Å². The second-order valence-corrected chi connectivity index (χ2v) is 8.79. The summed E-state index contributed by atoms with van der Waals surface area (Å²) in [6.45, 7) is -0.308. The van der Waals surface area contributed by atoms with Crippen LogP contribution >= 0.6 is 0 Å². The van der Waals surface area contributed by atoms with E-state index in [0.29, 0.717) is 35.2 Å². The molecule has 1 saturated heterocycles. The summed E-state index contributed by atoms with van der Waals surface area (Å²) in [6.07, 6.45) is 5.43. The highest BCUT2D eigenvalue weighted by Crippen LogP contribution is 2.47. The Labute approximate surface area is 193 Å². The lowest BCUT2D eigenvalue weighted by Gasteiger charge is -2.21. The zero-order valence-corrected chi connectivity index (χ0v) is 18.0. The molecular formula is C23H21F2N7O2. The van der Waals surface area contributed by atoms with Crippen molar-refractivity contribution in [2.24, 2.45) is 17.1 Å². The fourth-order valence-electron chi connectivity index (χ4n) is 4.44. The molecule has 174 valence electrons. The van der Waals surface area contributed by atoms with E-state index in [0.717, 1.165) is 0 Å². The molecule has 4 heterocycles.